The molecule has 0 radical (unpaired) electrons. The summed E-state index contributed by atoms with van der Waals surface area (Å²) in [6, 6.07) is 2.81. The van der Waals surface area contributed by atoms with Crippen molar-refractivity contribution in [3.05, 3.63) is 26.8 Å². The van der Waals surface area contributed by atoms with Gasteiger partial charge in [-0.05, 0) is 53.3 Å². The number of carbonyl (C=O) groups excluding carboxylic acids is 3. The number of hydrogen-bond acceptors (Lipinski definition) is 5. The van der Waals surface area contributed by atoms with E-state index in [-0.39, 0.29) is 5.57 Å². The van der Waals surface area contributed by atoms with Crippen LogP contribution in [0.3, 0.4) is 0 Å². The molecule has 0 bridgehead atoms. The number of likely N-dealkylation sites (N-methyl/N-ethyl adjacent to an activating group) is 2. The molecule has 0 atom stereocenters. The van der Waals surface area contributed by atoms with Crippen LogP contribution in [0, 0.1) is 3.57 Å². The highest BCUT2D eigenvalue weighted by Gasteiger charge is 2.37. The zero-order chi connectivity index (χ0) is 18.0. The van der Waals surface area contributed by atoms with Gasteiger partial charge >= 0.3 is 6.03 Å². The largest absolute Gasteiger partial charge is 0.492 e. The Hall–Kier alpha value is -2.10. The molecular formula is C16H17IN2O5. The summed E-state index contributed by atoms with van der Waals surface area (Å²) in [5, 5.41) is 0. The molecule has 24 heavy (non-hydrogen) atoms. The van der Waals surface area contributed by atoms with Gasteiger partial charge in [-0.15, -0.1) is 0 Å². The quantitative estimate of drug-likeness (QED) is 0.404. The van der Waals surface area contributed by atoms with Gasteiger partial charge in [0, 0.05) is 14.1 Å². The molecule has 8 heteroatoms. The van der Waals surface area contributed by atoms with E-state index in [9.17, 15) is 14.4 Å². The second-order valence-corrected chi connectivity index (χ2v) is 6.20. The molecule has 1 aliphatic rings. The summed E-state index contributed by atoms with van der Waals surface area (Å²) < 4.78 is 11.6. The maximum Gasteiger partial charge on any atom is 0.333 e. The van der Waals surface area contributed by atoms with Crippen molar-refractivity contribution in [2.24, 2.45) is 0 Å². The van der Waals surface area contributed by atoms with Crippen LogP contribution in [0.2, 0.25) is 0 Å². The van der Waals surface area contributed by atoms with E-state index >= 15 is 0 Å². The van der Waals surface area contributed by atoms with Crippen molar-refractivity contribution in [2.75, 3.05) is 27.8 Å². The Balaban J connectivity index is 2.52. The Morgan fingerprint density at radius 1 is 1.12 bits per heavy atom. The van der Waals surface area contributed by atoms with E-state index in [4.69, 9.17) is 9.47 Å². The SMILES string of the molecule is CCOc1cc(C=C2C(=O)N(C)C(=O)N(C)C2=O)cc(I)c1OC. The standard InChI is InChI=1S/C16H17IN2O5/c1-5-24-12-8-9(7-11(17)13(12)23-4)6-10-14(20)18(2)16(22)19(3)15(10)21/h6-8H,5H2,1-4H3. The Bertz CT molecular complexity index is 718. The third-order valence-corrected chi connectivity index (χ3v) is 4.29. The predicted octanol–water partition coefficient (Wildman–Crippen LogP) is 2.13. The number of halogens is 1. The van der Waals surface area contributed by atoms with Gasteiger partial charge in [-0.3, -0.25) is 19.4 Å². The summed E-state index contributed by atoms with van der Waals surface area (Å²) in [5.41, 5.74) is 0.527. The molecular weight excluding hydrogens is 427 g/mol. The number of rotatable bonds is 4. The molecule has 1 heterocycles. The van der Waals surface area contributed by atoms with E-state index < -0.39 is 17.8 Å². The maximum absolute atomic E-state index is 12.2. The molecule has 1 saturated heterocycles. The smallest absolute Gasteiger partial charge is 0.333 e. The van der Waals surface area contributed by atoms with Crippen LogP contribution in [0.15, 0.2) is 17.7 Å². The zero-order valence-corrected chi connectivity index (χ0v) is 15.9. The van der Waals surface area contributed by atoms with Crippen LogP contribution in [0.25, 0.3) is 6.08 Å². The summed E-state index contributed by atoms with van der Waals surface area (Å²) in [6.07, 6.45) is 1.45. The second-order valence-electron chi connectivity index (χ2n) is 5.04. The van der Waals surface area contributed by atoms with Crippen LogP contribution >= 0.6 is 22.6 Å². The normalized spacial score (nSPS) is 15.0. The fourth-order valence-electron chi connectivity index (χ4n) is 2.27. The molecule has 0 unspecified atom stereocenters. The number of amides is 4. The average Bonchev–Trinajstić information content (AvgIpc) is 2.55. The van der Waals surface area contributed by atoms with Crippen molar-refractivity contribution >= 4 is 46.5 Å². The second kappa shape index (κ2) is 7.20. The molecule has 1 aromatic rings. The zero-order valence-electron chi connectivity index (χ0n) is 13.8. The Morgan fingerprint density at radius 2 is 1.71 bits per heavy atom. The first-order valence-corrected chi connectivity index (χ1v) is 8.21. The van der Waals surface area contributed by atoms with E-state index in [0.717, 1.165) is 13.4 Å². The highest BCUT2D eigenvalue weighted by molar-refractivity contribution is 14.1. The van der Waals surface area contributed by atoms with Gasteiger partial charge < -0.3 is 9.47 Å². The topological polar surface area (TPSA) is 76.2 Å². The van der Waals surface area contributed by atoms with Gasteiger partial charge in [0.05, 0.1) is 17.3 Å². The van der Waals surface area contributed by atoms with Crippen molar-refractivity contribution in [3.8, 4) is 11.5 Å². The molecule has 7 nitrogen and oxygen atoms in total. The Labute approximate surface area is 153 Å². The first-order valence-electron chi connectivity index (χ1n) is 7.13. The van der Waals surface area contributed by atoms with Crippen LogP contribution in [-0.4, -0.2) is 55.5 Å². The average molecular weight is 444 g/mol. The van der Waals surface area contributed by atoms with Crippen LogP contribution in [0.4, 0.5) is 4.79 Å². The lowest BCUT2D eigenvalue weighted by Gasteiger charge is -2.28. The number of nitrogens with zero attached hydrogens (tertiary/aromatic N) is 2. The highest BCUT2D eigenvalue weighted by atomic mass is 127. The molecule has 4 amide bonds. The lowest BCUT2D eigenvalue weighted by Crippen LogP contribution is -2.52. The molecule has 2 rings (SSSR count). The van der Waals surface area contributed by atoms with Gasteiger partial charge in [-0.1, -0.05) is 0 Å². The summed E-state index contributed by atoms with van der Waals surface area (Å²) in [5.74, 6) is -0.156. The summed E-state index contributed by atoms with van der Waals surface area (Å²) in [4.78, 5) is 38.1. The number of carbonyl (C=O) groups is 3. The van der Waals surface area contributed by atoms with Gasteiger partial charge in [-0.25, -0.2) is 4.79 Å². The highest BCUT2D eigenvalue weighted by Crippen LogP contribution is 2.34. The third kappa shape index (κ3) is 3.23. The van der Waals surface area contributed by atoms with Gasteiger partial charge in [0.25, 0.3) is 11.8 Å². The van der Waals surface area contributed by atoms with Gasteiger partial charge in [0.15, 0.2) is 11.5 Å². The van der Waals surface area contributed by atoms with Crippen molar-refractivity contribution in [1.29, 1.82) is 0 Å². The molecule has 1 fully saturated rings. The lowest BCUT2D eigenvalue weighted by molar-refractivity contribution is -0.134. The van der Waals surface area contributed by atoms with Gasteiger partial charge in [0.1, 0.15) is 5.57 Å². The predicted molar refractivity (Wildman–Crippen MR) is 95.8 cm³/mol. The first-order chi connectivity index (χ1) is 11.3. The molecule has 0 N–H and O–H groups in total. The summed E-state index contributed by atoms with van der Waals surface area (Å²) in [7, 11) is 4.22. The number of imide groups is 2. The Kier molecular flexibility index (Phi) is 5.47. The molecule has 1 aromatic carbocycles. The third-order valence-electron chi connectivity index (χ3n) is 3.49. The molecule has 0 spiro atoms. The first kappa shape index (κ1) is 18.2. The van der Waals surface area contributed by atoms with Gasteiger partial charge in [0.2, 0.25) is 0 Å². The minimum atomic E-state index is -0.651. The molecule has 0 aromatic heterocycles. The number of benzene rings is 1. The van der Waals surface area contributed by atoms with Crippen molar-refractivity contribution < 1.29 is 23.9 Å². The fourth-order valence-corrected chi connectivity index (χ4v) is 3.12. The fraction of sp³-hybridized carbons (Fsp3) is 0.312. The number of ether oxygens (including phenoxy) is 2. The molecule has 0 aliphatic carbocycles. The van der Waals surface area contributed by atoms with E-state index in [1.165, 1.54) is 20.2 Å². The van der Waals surface area contributed by atoms with E-state index in [1.54, 1.807) is 19.2 Å². The van der Waals surface area contributed by atoms with Crippen molar-refractivity contribution in [1.82, 2.24) is 9.80 Å². The van der Waals surface area contributed by atoms with Crippen molar-refractivity contribution in [3.63, 3.8) is 0 Å². The number of barbiturate groups is 1. The molecule has 0 saturated carbocycles. The lowest BCUT2D eigenvalue weighted by atomic mass is 10.1. The van der Waals surface area contributed by atoms with E-state index in [2.05, 4.69) is 22.6 Å². The Morgan fingerprint density at radius 3 is 2.21 bits per heavy atom. The van der Waals surface area contributed by atoms with Crippen LogP contribution in [-0.2, 0) is 9.59 Å². The van der Waals surface area contributed by atoms with Crippen LogP contribution in [0.5, 0.6) is 11.5 Å². The van der Waals surface area contributed by atoms with E-state index in [1.807, 2.05) is 6.92 Å². The number of methoxy groups -OCH3 is 1. The maximum atomic E-state index is 12.2. The summed E-state index contributed by atoms with van der Waals surface area (Å²) >= 11 is 2.09. The minimum absolute atomic E-state index is 0.0805. The van der Waals surface area contributed by atoms with Gasteiger partial charge in [-0.2, -0.15) is 0 Å². The van der Waals surface area contributed by atoms with Crippen molar-refractivity contribution in [2.45, 2.75) is 6.92 Å². The summed E-state index contributed by atoms with van der Waals surface area (Å²) in [6.45, 7) is 2.30. The van der Waals surface area contributed by atoms with Crippen LogP contribution in [0.1, 0.15) is 12.5 Å². The molecule has 128 valence electrons. The monoisotopic (exact) mass is 444 g/mol. The number of hydrogen-bond donors (Lipinski definition) is 0. The van der Waals surface area contributed by atoms with E-state index in [0.29, 0.717) is 23.7 Å². The minimum Gasteiger partial charge on any atom is -0.492 e. The van der Waals surface area contributed by atoms with Crippen LogP contribution < -0.4 is 9.47 Å². The molecule has 1 aliphatic heterocycles. The number of urea groups is 1.